The Kier molecular flexibility index (Phi) is 5.85. The zero-order valence-corrected chi connectivity index (χ0v) is 12.2. The van der Waals surface area contributed by atoms with E-state index < -0.39 is 0 Å². The summed E-state index contributed by atoms with van der Waals surface area (Å²) in [5.74, 6) is 2.37. The first-order valence-corrected chi connectivity index (χ1v) is 8.51. The molecule has 1 heterocycles. The zero-order valence-electron chi connectivity index (χ0n) is 11.4. The number of rotatable bonds is 8. The molecular formula is C15H24N2S. The Balaban J connectivity index is 1.62. The second-order valence-corrected chi connectivity index (χ2v) is 5.98. The Hall–Kier alpha value is -0.700. The largest absolute Gasteiger partial charge is 0.370 e. The summed E-state index contributed by atoms with van der Waals surface area (Å²) in [5.41, 5.74) is 2.78. The van der Waals surface area contributed by atoms with Crippen molar-refractivity contribution in [2.75, 3.05) is 23.9 Å². The van der Waals surface area contributed by atoms with Gasteiger partial charge in [-0.1, -0.05) is 18.9 Å². The molecule has 2 rings (SSSR count). The molecule has 100 valence electrons. The molecule has 1 aromatic rings. The van der Waals surface area contributed by atoms with Gasteiger partial charge in [-0.05, 0) is 55.7 Å². The highest BCUT2D eigenvalue weighted by molar-refractivity contribution is 7.98. The van der Waals surface area contributed by atoms with Gasteiger partial charge in [0.15, 0.2) is 0 Å². The fourth-order valence-corrected chi connectivity index (χ4v) is 2.95. The lowest BCUT2D eigenvalue weighted by molar-refractivity contribution is 0.688. The van der Waals surface area contributed by atoms with Gasteiger partial charge in [0.05, 0.1) is 0 Å². The van der Waals surface area contributed by atoms with E-state index >= 15 is 0 Å². The summed E-state index contributed by atoms with van der Waals surface area (Å²) in [7, 11) is 0. The molecule has 0 saturated carbocycles. The Labute approximate surface area is 115 Å². The van der Waals surface area contributed by atoms with Crippen LogP contribution in [0.15, 0.2) is 12.1 Å². The van der Waals surface area contributed by atoms with E-state index in [0.29, 0.717) is 0 Å². The van der Waals surface area contributed by atoms with E-state index in [-0.39, 0.29) is 0 Å². The first kappa shape index (κ1) is 13.7. The second kappa shape index (κ2) is 7.67. The van der Waals surface area contributed by atoms with Gasteiger partial charge in [0, 0.05) is 12.2 Å². The van der Waals surface area contributed by atoms with Crippen LogP contribution in [0.25, 0.3) is 0 Å². The molecule has 1 aliphatic rings. The van der Waals surface area contributed by atoms with Crippen LogP contribution in [-0.2, 0) is 12.8 Å². The van der Waals surface area contributed by atoms with E-state index in [0.717, 1.165) is 12.4 Å². The minimum absolute atomic E-state index is 1.06. The first-order chi connectivity index (χ1) is 8.90. The number of hydrogen-bond acceptors (Lipinski definition) is 3. The highest BCUT2D eigenvalue weighted by Gasteiger charge is 2.11. The molecular weight excluding hydrogens is 240 g/mol. The van der Waals surface area contributed by atoms with Crippen LogP contribution in [0.2, 0.25) is 0 Å². The maximum atomic E-state index is 4.69. The monoisotopic (exact) mass is 264 g/mol. The molecule has 0 aromatic carbocycles. The molecule has 0 atom stereocenters. The van der Waals surface area contributed by atoms with E-state index in [2.05, 4.69) is 28.7 Å². The minimum Gasteiger partial charge on any atom is -0.370 e. The van der Waals surface area contributed by atoms with Crippen LogP contribution in [0.1, 0.15) is 43.4 Å². The zero-order chi connectivity index (χ0) is 12.6. The molecule has 0 amide bonds. The molecule has 0 unspecified atom stereocenters. The number of anilines is 1. The SMILES string of the molecule is CSCCCCCCNc1ccc2c(n1)CCC2. The fraction of sp³-hybridized carbons (Fsp3) is 0.667. The standard InChI is InChI=1S/C15H24N2S/c1-18-12-5-3-2-4-11-16-15-10-9-13-7-6-8-14(13)17-15/h9-10H,2-8,11-12H2,1H3,(H,16,17). The van der Waals surface area contributed by atoms with Gasteiger partial charge in [-0.15, -0.1) is 0 Å². The summed E-state index contributed by atoms with van der Waals surface area (Å²) in [6.07, 6.45) is 11.2. The van der Waals surface area contributed by atoms with Crippen molar-refractivity contribution in [1.82, 2.24) is 4.98 Å². The predicted octanol–water partition coefficient (Wildman–Crippen LogP) is 3.91. The molecule has 0 bridgehead atoms. The van der Waals surface area contributed by atoms with Crippen molar-refractivity contribution in [2.24, 2.45) is 0 Å². The lowest BCUT2D eigenvalue weighted by Crippen LogP contribution is -2.04. The summed E-state index contributed by atoms with van der Waals surface area (Å²) in [4.78, 5) is 4.69. The Morgan fingerprint density at radius 1 is 1.17 bits per heavy atom. The molecule has 3 heteroatoms. The van der Waals surface area contributed by atoms with E-state index in [1.54, 1.807) is 0 Å². The number of nitrogens with zero attached hydrogens (tertiary/aromatic N) is 1. The van der Waals surface area contributed by atoms with Crippen LogP contribution >= 0.6 is 11.8 Å². The van der Waals surface area contributed by atoms with Crippen molar-refractivity contribution < 1.29 is 0 Å². The van der Waals surface area contributed by atoms with Gasteiger partial charge >= 0.3 is 0 Å². The summed E-state index contributed by atoms with van der Waals surface area (Å²) in [6, 6.07) is 4.38. The normalized spacial score (nSPS) is 13.6. The van der Waals surface area contributed by atoms with Crippen molar-refractivity contribution in [3.8, 4) is 0 Å². The average Bonchev–Trinajstić information content (AvgIpc) is 2.85. The van der Waals surface area contributed by atoms with Crippen LogP contribution in [0, 0.1) is 0 Å². The van der Waals surface area contributed by atoms with Gasteiger partial charge in [-0.3, -0.25) is 0 Å². The molecule has 1 aliphatic carbocycles. The summed E-state index contributed by atoms with van der Waals surface area (Å²) < 4.78 is 0. The number of fused-ring (bicyclic) bond motifs is 1. The van der Waals surface area contributed by atoms with Crippen molar-refractivity contribution in [1.29, 1.82) is 0 Å². The average molecular weight is 264 g/mol. The van der Waals surface area contributed by atoms with Crippen molar-refractivity contribution >= 4 is 17.6 Å². The van der Waals surface area contributed by atoms with Gasteiger partial charge in [-0.2, -0.15) is 11.8 Å². The van der Waals surface area contributed by atoms with Crippen LogP contribution in [-0.4, -0.2) is 23.5 Å². The minimum atomic E-state index is 1.06. The number of nitrogens with one attached hydrogen (secondary N) is 1. The van der Waals surface area contributed by atoms with Crippen molar-refractivity contribution in [2.45, 2.75) is 44.9 Å². The Morgan fingerprint density at radius 2 is 2.06 bits per heavy atom. The quantitative estimate of drug-likeness (QED) is 0.721. The maximum Gasteiger partial charge on any atom is 0.126 e. The maximum absolute atomic E-state index is 4.69. The fourth-order valence-electron chi connectivity index (χ4n) is 2.46. The van der Waals surface area contributed by atoms with E-state index in [1.165, 1.54) is 62.0 Å². The number of hydrogen-bond donors (Lipinski definition) is 1. The van der Waals surface area contributed by atoms with Crippen LogP contribution in [0.3, 0.4) is 0 Å². The number of pyridine rings is 1. The molecule has 0 radical (unpaired) electrons. The summed E-state index contributed by atoms with van der Waals surface area (Å²) in [6.45, 7) is 1.06. The summed E-state index contributed by atoms with van der Waals surface area (Å²) >= 11 is 1.95. The van der Waals surface area contributed by atoms with Crippen LogP contribution in [0.5, 0.6) is 0 Å². The van der Waals surface area contributed by atoms with Crippen LogP contribution < -0.4 is 5.32 Å². The predicted molar refractivity (Wildman–Crippen MR) is 81.6 cm³/mol. The van der Waals surface area contributed by atoms with Crippen molar-refractivity contribution in [3.05, 3.63) is 23.4 Å². The molecule has 1 N–H and O–H groups in total. The third-order valence-electron chi connectivity index (χ3n) is 3.51. The second-order valence-electron chi connectivity index (χ2n) is 4.99. The molecule has 0 fully saturated rings. The molecule has 0 saturated heterocycles. The Morgan fingerprint density at radius 3 is 2.94 bits per heavy atom. The molecule has 2 nitrogen and oxygen atoms in total. The number of aryl methyl sites for hydroxylation is 2. The number of aromatic nitrogens is 1. The Bertz CT molecular complexity index is 366. The van der Waals surface area contributed by atoms with Crippen molar-refractivity contribution in [3.63, 3.8) is 0 Å². The third kappa shape index (κ3) is 4.20. The van der Waals surface area contributed by atoms with Gasteiger partial charge < -0.3 is 5.32 Å². The van der Waals surface area contributed by atoms with Gasteiger partial charge in [0.2, 0.25) is 0 Å². The van der Waals surface area contributed by atoms with Crippen LogP contribution in [0.4, 0.5) is 5.82 Å². The van der Waals surface area contributed by atoms with Gasteiger partial charge in [-0.25, -0.2) is 4.98 Å². The highest BCUT2D eigenvalue weighted by atomic mass is 32.2. The van der Waals surface area contributed by atoms with E-state index in [4.69, 9.17) is 0 Å². The number of unbranched alkanes of at least 4 members (excludes halogenated alkanes) is 3. The van der Waals surface area contributed by atoms with E-state index in [1.807, 2.05) is 11.8 Å². The summed E-state index contributed by atoms with van der Waals surface area (Å²) in [5, 5.41) is 3.45. The molecule has 1 aromatic heterocycles. The van der Waals surface area contributed by atoms with Gasteiger partial charge in [0.1, 0.15) is 5.82 Å². The first-order valence-electron chi connectivity index (χ1n) is 7.12. The number of thioether (sulfide) groups is 1. The molecule has 0 spiro atoms. The van der Waals surface area contributed by atoms with E-state index in [9.17, 15) is 0 Å². The molecule has 18 heavy (non-hydrogen) atoms. The third-order valence-corrected chi connectivity index (χ3v) is 4.21. The smallest absolute Gasteiger partial charge is 0.126 e. The lowest BCUT2D eigenvalue weighted by atomic mass is 10.2. The lowest BCUT2D eigenvalue weighted by Gasteiger charge is -2.07. The molecule has 0 aliphatic heterocycles. The highest BCUT2D eigenvalue weighted by Crippen LogP contribution is 2.21. The van der Waals surface area contributed by atoms with Gasteiger partial charge in [0.25, 0.3) is 0 Å². The topological polar surface area (TPSA) is 24.9 Å².